The van der Waals surface area contributed by atoms with Crippen LogP contribution in [0.15, 0.2) is 0 Å². The molecule has 1 saturated carbocycles. The minimum Gasteiger partial charge on any atom is -0.368 e. The van der Waals surface area contributed by atoms with Crippen LogP contribution in [0.1, 0.15) is 26.2 Å². The van der Waals surface area contributed by atoms with E-state index >= 15 is 0 Å². The Kier molecular flexibility index (Phi) is 3.14. The molecule has 3 N–H and O–H groups in total. The summed E-state index contributed by atoms with van der Waals surface area (Å²) in [6.07, 6.45) is 1.81. The maximum absolute atomic E-state index is 11.7. The predicted octanol–water partition coefficient (Wildman–Crippen LogP) is -0.765. The number of nitrogens with one attached hydrogen (secondary N) is 1. The van der Waals surface area contributed by atoms with E-state index in [0.29, 0.717) is 19.4 Å². The molecule has 0 aromatic rings. The average Bonchev–Trinajstić information content (AvgIpc) is 3.08. The molecule has 2 aliphatic rings. The fraction of sp³-hybridized carbons (Fsp3) is 0.750. The molecule has 0 bridgehead atoms. The number of carbonyl (C=O) groups excluding carboxylic acids is 3. The first kappa shape index (κ1) is 13.0. The molecule has 18 heavy (non-hydrogen) atoms. The number of piperidine rings is 1. The van der Waals surface area contributed by atoms with Gasteiger partial charge in [-0.05, 0) is 33.2 Å². The number of imide groups is 1. The van der Waals surface area contributed by atoms with Crippen LogP contribution < -0.4 is 11.1 Å². The van der Waals surface area contributed by atoms with Crippen molar-refractivity contribution in [1.29, 1.82) is 0 Å². The second-order valence-electron chi connectivity index (χ2n) is 5.33. The predicted molar refractivity (Wildman–Crippen MR) is 64.2 cm³/mol. The Hall–Kier alpha value is -1.43. The Balaban J connectivity index is 1.84. The third-order valence-corrected chi connectivity index (χ3v) is 4.11. The fourth-order valence-electron chi connectivity index (χ4n) is 2.43. The van der Waals surface area contributed by atoms with Gasteiger partial charge in [-0.2, -0.15) is 0 Å². The summed E-state index contributed by atoms with van der Waals surface area (Å²) in [5.41, 5.74) is 4.53. The van der Waals surface area contributed by atoms with Crippen molar-refractivity contribution in [3.63, 3.8) is 0 Å². The van der Waals surface area contributed by atoms with Gasteiger partial charge in [-0.25, -0.2) is 0 Å². The number of nitrogens with zero attached hydrogens (tertiary/aromatic N) is 1. The third kappa shape index (κ3) is 2.01. The van der Waals surface area contributed by atoms with Gasteiger partial charge in [-0.15, -0.1) is 0 Å². The lowest BCUT2D eigenvalue weighted by molar-refractivity contribution is -0.141. The van der Waals surface area contributed by atoms with E-state index < -0.39 is 11.4 Å². The van der Waals surface area contributed by atoms with Gasteiger partial charge in [-0.3, -0.25) is 19.3 Å². The number of rotatable bonds is 6. The number of likely N-dealkylation sites (tertiary alicyclic amines) is 1. The van der Waals surface area contributed by atoms with Gasteiger partial charge >= 0.3 is 0 Å². The van der Waals surface area contributed by atoms with E-state index in [1.807, 2.05) is 0 Å². The molecule has 6 heteroatoms. The number of nitrogens with two attached hydrogens (primary N) is 1. The van der Waals surface area contributed by atoms with Crippen molar-refractivity contribution in [2.75, 3.05) is 13.6 Å². The van der Waals surface area contributed by atoms with Gasteiger partial charge in [0.25, 0.3) is 0 Å². The van der Waals surface area contributed by atoms with Crippen molar-refractivity contribution in [3.8, 4) is 0 Å². The molecule has 1 aliphatic carbocycles. The molecule has 2 rings (SSSR count). The Labute approximate surface area is 106 Å². The second kappa shape index (κ2) is 4.35. The molecule has 0 aromatic heterocycles. The average molecular weight is 253 g/mol. The largest absolute Gasteiger partial charge is 0.368 e. The van der Waals surface area contributed by atoms with Crippen molar-refractivity contribution in [3.05, 3.63) is 0 Å². The zero-order chi connectivity index (χ0) is 13.5. The fourth-order valence-corrected chi connectivity index (χ4v) is 2.43. The summed E-state index contributed by atoms with van der Waals surface area (Å²) in [5, 5.41) is 2.88. The van der Waals surface area contributed by atoms with Crippen LogP contribution in [0.3, 0.4) is 0 Å². The number of hydrogen-bond donors (Lipinski definition) is 2. The highest BCUT2D eigenvalue weighted by Crippen LogP contribution is 2.46. The van der Waals surface area contributed by atoms with E-state index in [4.69, 9.17) is 5.73 Å². The maximum Gasteiger partial charge on any atom is 0.237 e. The minimum atomic E-state index is -0.783. The van der Waals surface area contributed by atoms with E-state index in [2.05, 4.69) is 5.32 Å². The molecule has 3 unspecified atom stereocenters. The summed E-state index contributed by atoms with van der Waals surface area (Å²) < 4.78 is 0. The first-order valence-corrected chi connectivity index (χ1v) is 6.25. The minimum absolute atomic E-state index is 0.0461. The molecule has 1 heterocycles. The quantitative estimate of drug-likeness (QED) is 0.608. The number of likely N-dealkylation sites (N-methyl/N-ethyl adjacent to an activating group) is 1. The van der Waals surface area contributed by atoms with Gasteiger partial charge in [-0.1, -0.05) is 0 Å². The molecule has 0 spiro atoms. The summed E-state index contributed by atoms with van der Waals surface area (Å²) >= 11 is 0. The number of fused-ring (bicyclic) bond motifs is 1. The van der Waals surface area contributed by atoms with Crippen LogP contribution in [0.25, 0.3) is 0 Å². The van der Waals surface area contributed by atoms with Crippen molar-refractivity contribution < 1.29 is 14.4 Å². The molecule has 6 nitrogen and oxygen atoms in total. The normalized spacial score (nSPS) is 29.1. The summed E-state index contributed by atoms with van der Waals surface area (Å²) in [6, 6.07) is 0. The van der Waals surface area contributed by atoms with Crippen molar-refractivity contribution in [2.45, 2.75) is 31.7 Å². The van der Waals surface area contributed by atoms with Gasteiger partial charge < -0.3 is 11.1 Å². The van der Waals surface area contributed by atoms with Crippen LogP contribution in [0.2, 0.25) is 0 Å². The van der Waals surface area contributed by atoms with E-state index in [-0.39, 0.29) is 23.7 Å². The zero-order valence-corrected chi connectivity index (χ0v) is 10.7. The van der Waals surface area contributed by atoms with Crippen LogP contribution in [-0.2, 0) is 14.4 Å². The molecule has 3 amide bonds. The first-order valence-electron chi connectivity index (χ1n) is 6.25. The highest BCUT2D eigenvalue weighted by Gasteiger charge is 2.58. The standard InChI is InChI=1S/C12H19N3O3/c1-12(14-2,11(13)18)4-3-5-15-9(16)7-6-8(7)10(15)17/h7-8,14H,3-6H2,1-2H3,(H2,13,18). The van der Waals surface area contributed by atoms with E-state index in [9.17, 15) is 14.4 Å². The van der Waals surface area contributed by atoms with E-state index in [1.54, 1.807) is 14.0 Å². The Morgan fingerprint density at radius 3 is 2.44 bits per heavy atom. The molecule has 0 radical (unpaired) electrons. The smallest absolute Gasteiger partial charge is 0.237 e. The number of amides is 3. The maximum atomic E-state index is 11.7. The number of carbonyl (C=O) groups is 3. The lowest BCUT2D eigenvalue weighted by Gasteiger charge is -2.26. The van der Waals surface area contributed by atoms with Crippen LogP contribution in [-0.4, -0.2) is 41.8 Å². The molecule has 0 aromatic carbocycles. The molecule has 100 valence electrons. The number of hydrogen-bond acceptors (Lipinski definition) is 4. The summed E-state index contributed by atoms with van der Waals surface area (Å²) in [6.45, 7) is 2.11. The van der Waals surface area contributed by atoms with Gasteiger partial charge in [0.05, 0.1) is 17.4 Å². The molecule has 1 saturated heterocycles. The highest BCUT2D eigenvalue weighted by atomic mass is 16.2. The van der Waals surface area contributed by atoms with Crippen LogP contribution in [0.5, 0.6) is 0 Å². The van der Waals surface area contributed by atoms with Crippen molar-refractivity contribution in [2.24, 2.45) is 17.6 Å². The monoisotopic (exact) mass is 253 g/mol. The first-order chi connectivity index (χ1) is 8.40. The van der Waals surface area contributed by atoms with E-state index in [0.717, 1.165) is 6.42 Å². The van der Waals surface area contributed by atoms with Crippen molar-refractivity contribution in [1.82, 2.24) is 10.2 Å². The lowest BCUT2D eigenvalue weighted by Crippen LogP contribution is -2.51. The molecular weight excluding hydrogens is 234 g/mol. The van der Waals surface area contributed by atoms with Crippen LogP contribution in [0, 0.1) is 11.8 Å². The van der Waals surface area contributed by atoms with Crippen LogP contribution >= 0.6 is 0 Å². The zero-order valence-electron chi connectivity index (χ0n) is 10.7. The van der Waals surface area contributed by atoms with Gasteiger partial charge in [0.15, 0.2) is 0 Å². The molecule has 2 fully saturated rings. The summed E-state index contributed by atoms with van der Waals surface area (Å²) in [7, 11) is 1.67. The third-order valence-electron chi connectivity index (χ3n) is 4.11. The highest BCUT2D eigenvalue weighted by molar-refractivity contribution is 6.08. The molecule has 3 atom stereocenters. The van der Waals surface area contributed by atoms with Crippen LogP contribution in [0.4, 0.5) is 0 Å². The second-order valence-corrected chi connectivity index (χ2v) is 5.33. The summed E-state index contributed by atoms with van der Waals surface area (Å²) in [5.74, 6) is -0.619. The van der Waals surface area contributed by atoms with E-state index in [1.165, 1.54) is 4.90 Å². The Bertz CT molecular complexity index is 389. The van der Waals surface area contributed by atoms with Gasteiger partial charge in [0, 0.05) is 6.54 Å². The Morgan fingerprint density at radius 2 is 2.00 bits per heavy atom. The number of primary amides is 1. The van der Waals surface area contributed by atoms with Gasteiger partial charge in [0.2, 0.25) is 17.7 Å². The Morgan fingerprint density at radius 1 is 1.44 bits per heavy atom. The SMILES string of the molecule is CNC(C)(CCCN1C(=O)C2CC2C1=O)C(N)=O. The topological polar surface area (TPSA) is 92.5 Å². The van der Waals surface area contributed by atoms with Gasteiger partial charge in [0.1, 0.15) is 0 Å². The molecular formula is C12H19N3O3. The summed E-state index contributed by atoms with van der Waals surface area (Å²) in [4.78, 5) is 36.0. The molecule has 1 aliphatic heterocycles. The lowest BCUT2D eigenvalue weighted by atomic mass is 9.95. The van der Waals surface area contributed by atoms with Crippen molar-refractivity contribution >= 4 is 17.7 Å².